The highest BCUT2D eigenvalue weighted by molar-refractivity contribution is 14.1. The number of nitrogens with two attached hydrogens (primary N) is 1. The van der Waals surface area contributed by atoms with E-state index < -0.39 is 0 Å². The second-order valence-electron chi connectivity index (χ2n) is 3.08. The molecule has 0 radical (unpaired) electrons. The van der Waals surface area contributed by atoms with E-state index in [0.29, 0.717) is 0 Å². The van der Waals surface area contributed by atoms with Crippen molar-refractivity contribution >= 4 is 39.7 Å². The third-order valence-electron chi connectivity index (χ3n) is 2.17. The van der Waals surface area contributed by atoms with Crippen molar-refractivity contribution in [2.75, 3.05) is 5.73 Å². The summed E-state index contributed by atoms with van der Waals surface area (Å²) in [5.74, 6) is 0.740. The second kappa shape index (κ2) is 3.54. The third-order valence-corrected chi connectivity index (χ3v) is 4.36. The van der Waals surface area contributed by atoms with E-state index in [1.165, 1.54) is 8.45 Å². The second-order valence-corrected chi connectivity index (χ2v) is 5.16. The van der Waals surface area contributed by atoms with Crippen molar-refractivity contribution in [3.8, 4) is 10.6 Å². The minimum atomic E-state index is 0.740. The van der Waals surface area contributed by atoms with Crippen LogP contribution >= 0.6 is 33.9 Å². The van der Waals surface area contributed by atoms with Gasteiger partial charge in [-0.3, -0.25) is 4.68 Å². The van der Waals surface area contributed by atoms with Crippen molar-refractivity contribution in [1.29, 1.82) is 0 Å². The summed E-state index contributed by atoms with van der Waals surface area (Å²) in [6.07, 6.45) is 0. The molecule has 0 amide bonds. The molecular weight excluding hydrogens is 309 g/mol. The van der Waals surface area contributed by atoms with Crippen molar-refractivity contribution in [2.45, 2.75) is 6.92 Å². The summed E-state index contributed by atoms with van der Waals surface area (Å²) in [7, 11) is 1.87. The molecule has 0 spiro atoms. The number of rotatable bonds is 1. The molecule has 0 aromatic carbocycles. The fourth-order valence-corrected chi connectivity index (χ4v) is 3.21. The highest BCUT2D eigenvalue weighted by atomic mass is 127. The van der Waals surface area contributed by atoms with Gasteiger partial charge >= 0.3 is 0 Å². The lowest BCUT2D eigenvalue weighted by molar-refractivity contribution is 0.782. The molecule has 2 heterocycles. The van der Waals surface area contributed by atoms with Gasteiger partial charge in [0.05, 0.1) is 4.88 Å². The van der Waals surface area contributed by atoms with E-state index in [1.54, 1.807) is 16.0 Å². The van der Waals surface area contributed by atoms with Gasteiger partial charge in [0.15, 0.2) is 0 Å². The Morgan fingerprint density at radius 1 is 1.57 bits per heavy atom. The number of halogens is 1. The largest absolute Gasteiger partial charge is 0.384 e. The summed E-state index contributed by atoms with van der Waals surface area (Å²) >= 11 is 4.02. The fraction of sp³-hybridized carbons (Fsp3) is 0.222. The molecule has 0 aliphatic carbocycles. The van der Waals surface area contributed by atoms with E-state index in [2.05, 4.69) is 39.1 Å². The van der Waals surface area contributed by atoms with Crippen LogP contribution in [0.15, 0.2) is 11.4 Å². The van der Waals surface area contributed by atoms with Gasteiger partial charge in [0, 0.05) is 16.2 Å². The van der Waals surface area contributed by atoms with Crippen molar-refractivity contribution in [1.82, 2.24) is 9.78 Å². The number of thiophene rings is 1. The third kappa shape index (κ3) is 1.44. The summed E-state index contributed by atoms with van der Waals surface area (Å²) < 4.78 is 2.95. The summed E-state index contributed by atoms with van der Waals surface area (Å²) in [5.41, 5.74) is 7.93. The first-order valence-electron chi connectivity index (χ1n) is 4.13. The standard InChI is InChI=1S/C9H10IN3S/c1-5-7(12-13(2)9(5)11)8-6(10)3-4-14-8/h3-4H,11H2,1-2H3. The smallest absolute Gasteiger partial charge is 0.124 e. The van der Waals surface area contributed by atoms with Gasteiger partial charge in [0.1, 0.15) is 11.5 Å². The van der Waals surface area contributed by atoms with E-state index in [0.717, 1.165) is 17.1 Å². The Kier molecular flexibility index (Phi) is 2.52. The lowest BCUT2D eigenvalue weighted by atomic mass is 10.2. The van der Waals surface area contributed by atoms with E-state index >= 15 is 0 Å². The average Bonchev–Trinajstić information content (AvgIpc) is 2.66. The highest BCUT2D eigenvalue weighted by Gasteiger charge is 2.14. The van der Waals surface area contributed by atoms with Crippen LogP contribution in [0.1, 0.15) is 5.56 Å². The molecule has 0 saturated carbocycles. The molecule has 0 fully saturated rings. The van der Waals surface area contributed by atoms with E-state index in [9.17, 15) is 0 Å². The minimum absolute atomic E-state index is 0.740. The number of nitrogen functional groups attached to an aromatic ring is 1. The van der Waals surface area contributed by atoms with Gasteiger partial charge in [0.25, 0.3) is 0 Å². The van der Waals surface area contributed by atoms with Crippen LogP contribution in [0.2, 0.25) is 0 Å². The Labute approximate surface area is 100 Å². The Morgan fingerprint density at radius 3 is 2.71 bits per heavy atom. The molecule has 0 unspecified atom stereocenters. The molecule has 0 aliphatic heterocycles. The molecule has 14 heavy (non-hydrogen) atoms. The van der Waals surface area contributed by atoms with Crippen molar-refractivity contribution in [2.24, 2.45) is 7.05 Å². The number of hydrogen-bond acceptors (Lipinski definition) is 3. The summed E-state index contributed by atoms with van der Waals surface area (Å²) in [4.78, 5) is 1.20. The molecular formula is C9H10IN3S. The van der Waals surface area contributed by atoms with Crippen LogP contribution < -0.4 is 5.73 Å². The SMILES string of the molecule is Cc1c(-c2sccc2I)nn(C)c1N. The van der Waals surface area contributed by atoms with Gasteiger partial charge in [-0.05, 0) is 41.0 Å². The maximum absolute atomic E-state index is 5.86. The molecule has 0 atom stereocenters. The van der Waals surface area contributed by atoms with E-state index in [-0.39, 0.29) is 0 Å². The van der Waals surface area contributed by atoms with Gasteiger partial charge in [-0.15, -0.1) is 11.3 Å². The van der Waals surface area contributed by atoms with Crippen LogP contribution in [-0.2, 0) is 7.05 Å². The Bertz CT molecular complexity index is 472. The quantitative estimate of drug-likeness (QED) is 0.821. The van der Waals surface area contributed by atoms with Gasteiger partial charge in [-0.2, -0.15) is 5.10 Å². The minimum Gasteiger partial charge on any atom is -0.384 e. The van der Waals surface area contributed by atoms with Crippen LogP contribution in [-0.4, -0.2) is 9.78 Å². The monoisotopic (exact) mass is 319 g/mol. The van der Waals surface area contributed by atoms with Crippen molar-refractivity contribution in [3.05, 3.63) is 20.6 Å². The summed E-state index contributed by atoms with van der Waals surface area (Å²) in [6.45, 7) is 2.01. The molecule has 74 valence electrons. The molecule has 2 rings (SSSR count). The molecule has 0 aliphatic rings. The molecule has 2 N–H and O–H groups in total. The number of aryl methyl sites for hydroxylation is 1. The van der Waals surface area contributed by atoms with E-state index in [1.807, 2.05) is 14.0 Å². The number of aromatic nitrogens is 2. The zero-order valence-electron chi connectivity index (χ0n) is 7.91. The summed E-state index contributed by atoms with van der Waals surface area (Å²) in [5, 5.41) is 6.48. The molecule has 0 saturated heterocycles. The average molecular weight is 319 g/mol. The van der Waals surface area contributed by atoms with Gasteiger partial charge in [0.2, 0.25) is 0 Å². The number of hydrogen-bond donors (Lipinski definition) is 1. The Hall–Kier alpha value is -0.560. The maximum Gasteiger partial charge on any atom is 0.124 e. The van der Waals surface area contributed by atoms with Gasteiger partial charge in [-0.1, -0.05) is 0 Å². The molecule has 2 aromatic rings. The fourth-order valence-electron chi connectivity index (χ4n) is 1.32. The van der Waals surface area contributed by atoms with Gasteiger partial charge < -0.3 is 5.73 Å². The lowest BCUT2D eigenvalue weighted by Crippen LogP contribution is -1.97. The first-order chi connectivity index (χ1) is 6.61. The number of anilines is 1. The summed E-state index contributed by atoms with van der Waals surface area (Å²) in [6, 6.07) is 2.09. The first-order valence-corrected chi connectivity index (χ1v) is 6.09. The zero-order chi connectivity index (χ0) is 10.3. The lowest BCUT2D eigenvalue weighted by Gasteiger charge is -1.94. The van der Waals surface area contributed by atoms with E-state index in [4.69, 9.17) is 5.73 Å². The topological polar surface area (TPSA) is 43.8 Å². The predicted octanol–water partition coefficient (Wildman–Crippen LogP) is 2.64. The molecule has 2 aromatic heterocycles. The maximum atomic E-state index is 5.86. The van der Waals surface area contributed by atoms with Crippen LogP contribution in [0.3, 0.4) is 0 Å². The highest BCUT2D eigenvalue weighted by Crippen LogP contribution is 2.33. The van der Waals surface area contributed by atoms with Crippen molar-refractivity contribution < 1.29 is 0 Å². The Morgan fingerprint density at radius 2 is 2.29 bits per heavy atom. The normalized spacial score (nSPS) is 10.8. The molecule has 0 bridgehead atoms. The molecule has 3 nitrogen and oxygen atoms in total. The molecule has 5 heteroatoms. The van der Waals surface area contributed by atoms with Crippen LogP contribution in [0.4, 0.5) is 5.82 Å². The first kappa shape index (κ1) is 9.97. The van der Waals surface area contributed by atoms with Crippen LogP contribution in [0.5, 0.6) is 0 Å². The number of nitrogens with zero attached hydrogens (tertiary/aromatic N) is 2. The zero-order valence-corrected chi connectivity index (χ0v) is 10.9. The van der Waals surface area contributed by atoms with Gasteiger partial charge in [-0.25, -0.2) is 0 Å². The predicted molar refractivity (Wildman–Crippen MR) is 68.4 cm³/mol. The van der Waals surface area contributed by atoms with Crippen molar-refractivity contribution in [3.63, 3.8) is 0 Å². The van der Waals surface area contributed by atoms with Crippen LogP contribution in [0, 0.1) is 10.5 Å². The Balaban J connectivity index is 2.63. The van der Waals surface area contributed by atoms with Crippen LogP contribution in [0.25, 0.3) is 10.6 Å².